The summed E-state index contributed by atoms with van der Waals surface area (Å²) in [6.45, 7) is 14.6. The third-order valence-electron chi connectivity index (χ3n) is 7.48. The maximum Gasteiger partial charge on any atom is 0.299 e. The van der Waals surface area contributed by atoms with Crippen LogP contribution >= 0.6 is 0 Å². The zero-order chi connectivity index (χ0) is 29.9. The van der Waals surface area contributed by atoms with E-state index in [-0.39, 0.29) is 23.0 Å². The molecular formula is C28H37N3O8Si. The predicted octanol–water partition coefficient (Wildman–Crippen LogP) is 6.38. The number of benzene rings is 2. The molecule has 0 heterocycles. The van der Waals surface area contributed by atoms with Crippen LogP contribution < -0.4 is 5.32 Å². The maximum absolute atomic E-state index is 11.9. The Hall–Kier alpha value is -3.42. The van der Waals surface area contributed by atoms with Gasteiger partial charge in [0.15, 0.2) is 20.2 Å². The van der Waals surface area contributed by atoms with Gasteiger partial charge < -0.3 is 24.0 Å². The Labute approximate surface area is 235 Å². The first-order valence-electron chi connectivity index (χ1n) is 12.7. The van der Waals surface area contributed by atoms with Gasteiger partial charge in [0.25, 0.3) is 11.4 Å². The highest BCUT2D eigenvalue weighted by Crippen LogP contribution is 2.49. The fourth-order valence-electron chi connectivity index (χ4n) is 4.47. The average molecular weight is 572 g/mol. The maximum atomic E-state index is 11.9. The topological polar surface area (TPSA) is 135 Å². The highest BCUT2D eigenvalue weighted by molar-refractivity contribution is 6.74. The number of fused-ring (bicyclic) bond motifs is 1. The van der Waals surface area contributed by atoms with E-state index in [1.54, 1.807) is 6.08 Å². The van der Waals surface area contributed by atoms with Crippen molar-refractivity contribution in [2.24, 2.45) is 0 Å². The Morgan fingerprint density at radius 3 is 2.30 bits per heavy atom. The Kier molecular flexibility index (Phi) is 9.32. The fourth-order valence-corrected chi connectivity index (χ4v) is 5.70. The van der Waals surface area contributed by atoms with Gasteiger partial charge in [-0.2, -0.15) is 0 Å². The zero-order valence-corrected chi connectivity index (χ0v) is 24.9. The Morgan fingerprint density at radius 1 is 1.10 bits per heavy atom. The van der Waals surface area contributed by atoms with Gasteiger partial charge in [-0.3, -0.25) is 20.2 Å². The van der Waals surface area contributed by atoms with E-state index < -0.39 is 41.8 Å². The van der Waals surface area contributed by atoms with E-state index in [0.29, 0.717) is 16.8 Å². The molecule has 1 aliphatic rings. The molecule has 0 unspecified atom stereocenters. The number of nitrogens with zero attached hydrogens (tertiary/aromatic N) is 2. The summed E-state index contributed by atoms with van der Waals surface area (Å²) in [5, 5.41) is 26.1. The minimum Gasteiger partial charge on any atom is -0.407 e. The van der Waals surface area contributed by atoms with E-state index in [9.17, 15) is 20.2 Å². The summed E-state index contributed by atoms with van der Waals surface area (Å²) in [7, 11) is 0.593. The number of rotatable bonds is 12. The summed E-state index contributed by atoms with van der Waals surface area (Å²) < 4.78 is 25.1. The van der Waals surface area contributed by atoms with Crippen molar-refractivity contribution in [3.8, 4) is 0 Å². The lowest BCUT2D eigenvalue weighted by Gasteiger charge is -2.50. The lowest BCUT2D eigenvalue weighted by atomic mass is 9.78. The third-order valence-corrected chi connectivity index (χ3v) is 11.9. The minimum absolute atomic E-state index is 0.0947. The SMILES string of the molecule is C=CCO[C@]1(C(OC)OC)c2ccccc2C(Nc2ccc([N+](=O)[O-])cc2[N+](=O)[O-])=C[C@@H]1O[Si](C)(C)C(C)(C)C. The fraction of sp³-hybridized carbons (Fsp3) is 0.429. The Morgan fingerprint density at radius 2 is 1.75 bits per heavy atom. The van der Waals surface area contributed by atoms with Crippen LogP contribution in [0.1, 0.15) is 31.9 Å². The van der Waals surface area contributed by atoms with Crippen LogP contribution in [0.2, 0.25) is 18.1 Å². The smallest absolute Gasteiger partial charge is 0.299 e. The van der Waals surface area contributed by atoms with Crippen molar-refractivity contribution in [2.45, 2.75) is 56.9 Å². The van der Waals surface area contributed by atoms with E-state index >= 15 is 0 Å². The summed E-state index contributed by atoms with van der Waals surface area (Å²) in [5.74, 6) is 0. The second kappa shape index (κ2) is 12.0. The lowest BCUT2D eigenvalue weighted by molar-refractivity contribution is -0.393. The van der Waals surface area contributed by atoms with Crippen LogP contribution in [-0.2, 0) is 24.2 Å². The first-order chi connectivity index (χ1) is 18.7. The molecule has 2 aromatic rings. The van der Waals surface area contributed by atoms with Crippen LogP contribution in [0.15, 0.2) is 61.2 Å². The van der Waals surface area contributed by atoms with Gasteiger partial charge in [0.2, 0.25) is 0 Å². The van der Waals surface area contributed by atoms with Gasteiger partial charge in [0.05, 0.1) is 22.5 Å². The van der Waals surface area contributed by atoms with Crippen molar-refractivity contribution in [1.82, 2.24) is 0 Å². The van der Waals surface area contributed by atoms with Crippen LogP contribution in [0.3, 0.4) is 0 Å². The number of hydrogen-bond acceptors (Lipinski definition) is 9. The number of nitro groups is 2. The molecule has 3 rings (SSSR count). The van der Waals surface area contributed by atoms with Gasteiger partial charge in [-0.05, 0) is 30.3 Å². The third kappa shape index (κ3) is 5.86. The van der Waals surface area contributed by atoms with Crippen LogP contribution in [0.4, 0.5) is 17.1 Å². The summed E-state index contributed by atoms with van der Waals surface area (Å²) in [6.07, 6.45) is 1.80. The van der Waals surface area contributed by atoms with E-state index in [4.69, 9.17) is 18.6 Å². The molecule has 0 radical (unpaired) electrons. The first kappa shape index (κ1) is 31.1. The van der Waals surface area contributed by atoms with Crippen molar-refractivity contribution in [1.29, 1.82) is 0 Å². The molecule has 0 aromatic heterocycles. The second-order valence-electron chi connectivity index (χ2n) is 11.0. The molecule has 40 heavy (non-hydrogen) atoms. The van der Waals surface area contributed by atoms with Crippen molar-refractivity contribution < 1.29 is 28.5 Å². The first-order valence-corrected chi connectivity index (χ1v) is 15.6. The zero-order valence-electron chi connectivity index (χ0n) is 23.9. The molecule has 12 heteroatoms. The molecule has 11 nitrogen and oxygen atoms in total. The number of non-ortho nitro benzene ring substituents is 1. The lowest BCUT2D eigenvalue weighted by Crippen LogP contribution is -2.59. The van der Waals surface area contributed by atoms with Crippen molar-refractivity contribution in [3.63, 3.8) is 0 Å². The number of nitrogens with one attached hydrogen (secondary N) is 1. The molecule has 0 bridgehead atoms. The van der Waals surface area contributed by atoms with Gasteiger partial charge in [-0.1, -0.05) is 51.1 Å². The standard InChI is InChI=1S/C28H37N3O8Si/c1-9-16-38-28(26(36-5)37-6)21-13-11-10-12-20(21)23(18-25(28)39-40(7,8)27(2,3)4)29-22-15-14-19(30(32)33)17-24(22)31(34)35/h9-15,17-18,25-26,29H,1,16H2,2-8H3/t25-,28+/m0/s1. The average Bonchev–Trinajstić information content (AvgIpc) is 2.89. The summed E-state index contributed by atoms with van der Waals surface area (Å²) in [5.41, 5.74) is -0.110. The molecule has 0 aliphatic heterocycles. The molecule has 1 N–H and O–H groups in total. The molecule has 216 valence electrons. The second-order valence-corrected chi connectivity index (χ2v) is 15.7. The van der Waals surface area contributed by atoms with Gasteiger partial charge in [0.1, 0.15) is 11.8 Å². The Bertz CT molecular complexity index is 1300. The van der Waals surface area contributed by atoms with Gasteiger partial charge >= 0.3 is 0 Å². The molecule has 1 aliphatic carbocycles. The number of ether oxygens (including phenoxy) is 3. The van der Waals surface area contributed by atoms with E-state index in [1.165, 1.54) is 26.4 Å². The summed E-state index contributed by atoms with van der Waals surface area (Å²) in [4.78, 5) is 21.8. The van der Waals surface area contributed by atoms with Crippen LogP contribution in [0.25, 0.3) is 5.70 Å². The monoisotopic (exact) mass is 571 g/mol. The molecule has 2 atom stereocenters. The van der Waals surface area contributed by atoms with E-state index in [2.05, 4.69) is 45.8 Å². The van der Waals surface area contributed by atoms with Crippen LogP contribution in [0, 0.1) is 20.2 Å². The molecule has 0 spiro atoms. The highest BCUT2D eigenvalue weighted by Gasteiger charge is 2.55. The van der Waals surface area contributed by atoms with Crippen LogP contribution in [0.5, 0.6) is 0 Å². The molecular weight excluding hydrogens is 534 g/mol. The summed E-state index contributed by atoms with van der Waals surface area (Å²) >= 11 is 0. The van der Waals surface area contributed by atoms with Crippen molar-refractivity contribution in [2.75, 3.05) is 26.1 Å². The van der Waals surface area contributed by atoms with E-state index in [0.717, 1.165) is 6.07 Å². The van der Waals surface area contributed by atoms with Gasteiger partial charge in [0, 0.05) is 37.1 Å². The summed E-state index contributed by atoms with van der Waals surface area (Å²) in [6, 6.07) is 10.9. The number of hydrogen-bond donors (Lipinski definition) is 1. The molecule has 2 aromatic carbocycles. The quantitative estimate of drug-likeness (QED) is 0.101. The minimum atomic E-state index is -2.46. The van der Waals surface area contributed by atoms with Crippen LogP contribution in [-0.4, -0.2) is 51.4 Å². The number of methoxy groups -OCH3 is 2. The largest absolute Gasteiger partial charge is 0.407 e. The highest BCUT2D eigenvalue weighted by atomic mass is 28.4. The van der Waals surface area contributed by atoms with Gasteiger partial charge in [-0.15, -0.1) is 6.58 Å². The van der Waals surface area contributed by atoms with Crippen molar-refractivity contribution >= 4 is 31.1 Å². The molecule has 0 saturated heterocycles. The number of nitro benzene ring substituents is 2. The number of anilines is 1. The Balaban J connectivity index is 2.30. The van der Waals surface area contributed by atoms with Crippen molar-refractivity contribution in [3.05, 3.63) is 92.6 Å². The molecule has 0 saturated carbocycles. The van der Waals surface area contributed by atoms with E-state index in [1.807, 2.05) is 30.3 Å². The molecule has 0 fully saturated rings. The molecule has 0 amide bonds. The predicted molar refractivity (Wildman–Crippen MR) is 155 cm³/mol. The normalized spacial score (nSPS) is 19.1. The van der Waals surface area contributed by atoms with Gasteiger partial charge in [-0.25, -0.2) is 0 Å².